The van der Waals surface area contributed by atoms with Crippen LogP contribution in [-0.2, 0) is 5.33 Å². The zero-order valence-electron chi connectivity index (χ0n) is 9.79. The molecule has 0 heterocycles. The minimum absolute atomic E-state index is 0.0209. The predicted molar refractivity (Wildman–Crippen MR) is 81.1 cm³/mol. The second-order valence-electron chi connectivity index (χ2n) is 3.87. The van der Waals surface area contributed by atoms with Gasteiger partial charge in [0.15, 0.2) is 0 Å². The average Bonchev–Trinajstić information content (AvgIpc) is 2.39. The third kappa shape index (κ3) is 3.42. The maximum Gasteiger partial charge on any atom is 0.258 e. The van der Waals surface area contributed by atoms with E-state index in [1.165, 1.54) is 12.1 Å². The third-order valence-electron chi connectivity index (χ3n) is 2.59. The normalized spacial score (nSPS) is 10.3. The lowest BCUT2D eigenvalue weighted by molar-refractivity contribution is 0.102. The van der Waals surface area contributed by atoms with Crippen LogP contribution in [0.2, 0.25) is 0 Å². The van der Waals surface area contributed by atoms with E-state index >= 15 is 0 Å². The van der Waals surface area contributed by atoms with Gasteiger partial charge in [0, 0.05) is 15.5 Å². The molecule has 2 aromatic carbocycles. The zero-order chi connectivity index (χ0) is 13.8. The molecule has 0 unspecified atom stereocenters. The summed E-state index contributed by atoms with van der Waals surface area (Å²) in [6.45, 7) is 0. The fraction of sp³-hybridized carbons (Fsp3) is 0.0714. The standard InChI is InChI=1S/C14H10Br2FNO/c15-8-9-3-1-2-4-13(9)18-14(19)11-6-5-10(16)7-12(11)17/h1-7H,8H2,(H,18,19). The molecule has 2 aromatic rings. The average molecular weight is 387 g/mol. The summed E-state index contributed by atoms with van der Waals surface area (Å²) in [5, 5.41) is 3.33. The topological polar surface area (TPSA) is 29.1 Å². The number of alkyl halides is 1. The molecule has 0 saturated heterocycles. The summed E-state index contributed by atoms with van der Waals surface area (Å²) >= 11 is 6.50. The quantitative estimate of drug-likeness (QED) is 0.758. The highest BCUT2D eigenvalue weighted by Gasteiger charge is 2.13. The van der Waals surface area contributed by atoms with Crippen LogP contribution in [0.5, 0.6) is 0 Å². The van der Waals surface area contributed by atoms with Gasteiger partial charge in [-0.15, -0.1) is 0 Å². The van der Waals surface area contributed by atoms with Crippen LogP contribution in [0.3, 0.4) is 0 Å². The Morgan fingerprint density at radius 1 is 1.21 bits per heavy atom. The van der Waals surface area contributed by atoms with Gasteiger partial charge in [-0.05, 0) is 29.8 Å². The van der Waals surface area contributed by atoms with Crippen molar-refractivity contribution in [2.75, 3.05) is 5.32 Å². The van der Waals surface area contributed by atoms with Gasteiger partial charge in [0.05, 0.1) is 5.56 Å². The van der Waals surface area contributed by atoms with E-state index in [2.05, 4.69) is 37.2 Å². The molecular formula is C14H10Br2FNO. The molecule has 5 heteroatoms. The van der Waals surface area contributed by atoms with Gasteiger partial charge >= 0.3 is 0 Å². The number of para-hydroxylation sites is 1. The number of rotatable bonds is 3. The summed E-state index contributed by atoms with van der Waals surface area (Å²) in [6, 6.07) is 11.7. The Balaban J connectivity index is 2.26. The van der Waals surface area contributed by atoms with Gasteiger partial charge < -0.3 is 5.32 Å². The van der Waals surface area contributed by atoms with Gasteiger partial charge in [-0.25, -0.2) is 4.39 Å². The van der Waals surface area contributed by atoms with E-state index in [4.69, 9.17) is 0 Å². The maximum absolute atomic E-state index is 13.7. The van der Waals surface area contributed by atoms with Crippen molar-refractivity contribution in [3.8, 4) is 0 Å². The van der Waals surface area contributed by atoms with E-state index in [1.807, 2.05) is 18.2 Å². The van der Waals surface area contributed by atoms with Crippen molar-refractivity contribution in [3.05, 3.63) is 63.9 Å². The van der Waals surface area contributed by atoms with Crippen LogP contribution in [0.4, 0.5) is 10.1 Å². The van der Waals surface area contributed by atoms with Crippen LogP contribution in [0, 0.1) is 5.82 Å². The number of halogens is 3. The Bertz CT molecular complexity index is 616. The van der Waals surface area contributed by atoms with E-state index in [0.717, 1.165) is 5.56 Å². The first-order valence-electron chi connectivity index (χ1n) is 5.52. The fourth-order valence-corrected chi connectivity index (χ4v) is 2.44. The third-order valence-corrected chi connectivity index (χ3v) is 3.68. The summed E-state index contributed by atoms with van der Waals surface area (Å²) in [5.74, 6) is -1.01. The number of hydrogen-bond acceptors (Lipinski definition) is 1. The molecule has 0 aliphatic rings. The van der Waals surface area contributed by atoms with E-state index in [9.17, 15) is 9.18 Å². The molecule has 98 valence electrons. The lowest BCUT2D eigenvalue weighted by Crippen LogP contribution is -2.14. The highest BCUT2D eigenvalue weighted by molar-refractivity contribution is 9.10. The van der Waals surface area contributed by atoms with Crippen molar-refractivity contribution < 1.29 is 9.18 Å². The number of hydrogen-bond donors (Lipinski definition) is 1. The molecule has 1 amide bonds. The highest BCUT2D eigenvalue weighted by atomic mass is 79.9. The van der Waals surface area contributed by atoms with Crippen molar-refractivity contribution >= 4 is 43.5 Å². The number of carbonyl (C=O) groups is 1. The molecule has 1 N–H and O–H groups in total. The fourth-order valence-electron chi connectivity index (χ4n) is 1.62. The van der Waals surface area contributed by atoms with E-state index in [1.54, 1.807) is 12.1 Å². The Labute approximate surface area is 127 Å². The first-order valence-corrected chi connectivity index (χ1v) is 7.43. The highest BCUT2D eigenvalue weighted by Crippen LogP contribution is 2.20. The Morgan fingerprint density at radius 3 is 2.63 bits per heavy atom. The molecule has 2 nitrogen and oxygen atoms in total. The second kappa shape index (κ2) is 6.30. The minimum Gasteiger partial charge on any atom is -0.322 e. The maximum atomic E-state index is 13.7. The van der Waals surface area contributed by atoms with Crippen LogP contribution in [0.15, 0.2) is 46.9 Å². The van der Waals surface area contributed by atoms with Gasteiger partial charge in [0.1, 0.15) is 5.82 Å². The second-order valence-corrected chi connectivity index (χ2v) is 5.35. The largest absolute Gasteiger partial charge is 0.322 e. The van der Waals surface area contributed by atoms with Crippen molar-refractivity contribution in [3.63, 3.8) is 0 Å². The Morgan fingerprint density at radius 2 is 1.95 bits per heavy atom. The first-order chi connectivity index (χ1) is 9.11. The molecule has 0 spiro atoms. The van der Waals surface area contributed by atoms with Crippen LogP contribution in [0.1, 0.15) is 15.9 Å². The molecule has 0 atom stereocenters. The van der Waals surface area contributed by atoms with Crippen LogP contribution < -0.4 is 5.32 Å². The smallest absolute Gasteiger partial charge is 0.258 e. The Hall–Kier alpha value is -1.20. The number of nitrogens with one attached hydrogen (secondary N) is 1. The molecule has 0 aliphatic heterocycles. The van der Waals surface area contributed by atoms with Gasteiger partial charge in [-0.3, -0.25) is 4.79 Å². The lowest BCUT2D eigenvalue weighted by atomic mass is 10.1. The predicted octanol–water partition coefficient (Wildman–Crippen LogP) is 4.74. The van der Waals surface area contributed by atoms with E-state index in [0.29, 0.717) is 15.5 Å². The van der Waals surface area contributed by atoms with Gasteiger partial charge in [0.25, 0.3) is 5.91 Å². The molecule has 0 aromatic heterocycles. The lowest BCUT2D eigenvalue weighted by Gasteiger charge is -2.09. The number of benzene rings is 2. The summed E-state index contributed by atoms with van der Waals surface area (Å²) in [6.07, 6.45) is 0. The van der Waals surface area contributed by atoms with Crippen molar-refractivity contribution in [1.82, 2.24) is 0 Å². The minimum atomic E-state index is -0.553. The van der Waals surface area contributed by atoms with Gasteiger partial charge in [-0.2, -0.15) is 0 Å². The first kappa shape index (κ1) is 14.2. The zero-order valence-corrected chi connectivity index (χ0v) is 13.0. The summed E-state index contributed by atoms with van der Waals surface area (Å²) in [7, 11) is 0. The van der Waals surface area contributed by atoms with E-state index in [-0.39, 0.29) is 5.56 Å². The van der Waals surface area contributed by atoms with Crippen LogP contribution in [0.25, 0.3) is 0 Å². The van der Waals surface area contributed by atoms with Crippen molar-refractivity contribution in [2.45, 2.75) is 5.33 Å². The SMILES string of the molecule is O=C(Nc1ccccc1CBr)c1ccc(Br)cc1F. The van der Waals surface area contributed by atoms with Crippen molar-refractivity contribution in [2.24, 2.45) is 0 Å². The molecule has 19 heavy (non-hydrogen) atoms. The molecule has 0 saturated carbocycles. The molecular weight excluding hydrogens is 377 g/mol. The molecule has 0 bridgehead atoms. The molecule has 0 radical (unpaired) electrons. The molecule has 2 rings (SSSR count). The van der Waals surface area contributed by atoms with Gasteiger partial charge in [0.2, 0.25) is 0 Å². The summed E-state index contributed by atoms with van der Waals surface area (Å²) < 4.78 is 14.3. The molecule has 0 fully saturated rings. The number of carbonyl (C=O) groups excluding carboxylic acids is 1. The summed E-state index contributed by atoms with van der Waals surface area (Å²) in [4.78, 5) is 12.0. The number of anilines is 1. The van der Waals surface area contributed by atoms with Crippen LogP contribution in [-0.4, -0.2) is 5.91 Å². The molecule has 0 aliphatic carbocycles. The number of amides is 1. The van der Waals surface area contributed by atoms with Crippen molar-refractivity contribution in [1.29, 1.82) is 0 Å². The summed E-state index contributed by atoms with van der Waals surface area (Å²) in [5.41, 5.74) is 1.63. The Kier molecular flexibility index (Phi) is 4.71. The van der Waals surface area contributed by atoms with E-state index < -0.39 is 11.7 Å². The monoisotopic (exact) mass is 385 g/mol. The van der Waals surface area contributed by atoms with Gasteiger partial charge in [-0.1, -0.05) is 50.1 Å². The van der Waals surface area contributed by atoms with Crippen LogP contribution >= 0.6 is 31.9 Å².